The number of aromatic nitrogens is 2. The molecular weight excluding hydrogens is 237 g/mol. The van der Waals surface area contributed by atoms with Crippen molar-refractivity contribution in [3.05, 3.63) is 47.4 Å². The lowest BCUT2D eigenvalue weighted by atomic mass is 10.2. The second-order valence-electron chi connectivity index (χ2n) is 3.67. The number of carbonyl (C=O) groups is 1. The lowest BCUT2D eigenvalue weighted by Gasteiger charge is -2.09. The summed E-state index contributed by atoms with van der Waals surface area (Å²) in [4.78, 5) is 10.6. The maximum absolute atomic E-state index is 13.5. The average Bonchev–Trinajstić information content (AvgIpc) is 2.34. The summed E-state index contributed by atoms with van der Waals surface area (Å²) in [5.74, 6) is -1.27. The van der Waals surface area contributed by atoms with Crippen molar-refractivity contribution in [3.8, 4) is 0 Å². The van der Waals surface area contributed by atoms with Crippen LogP contribution in [0.5, 0.6) is 0 Å². The van der Waals surface area contributed by atoms with E-state index in [1.54, 1.807) is 19.1 Å². The summed E-state index contributed by atoms with van der Waals surface area (Å²) >= 11 is 0. The number of nitrogens with zero attached hydrogens (tertiary/aromatic N) is 2. The van der Waals surface area contributed by atoms with E-state index in [1.165, 1.54) is 18.2 Å². The number of aryl methyl sites for hydroxylation is 1. The Morgan fingerprint density at radius 2 is 2.06 bits per heavy atom. The quantitative estimate of drug-likeness (QED) is 0.870. The Labute approximate surface area is 102 Å². The molecule has 0 amide bonds. The van der Waals surface area contributed by atoms with Gasteiger partial charge in [0.15, 0.2) is 11.5 Å². The van der Waals surface area contributed by atoms with Crippen LogP contribution in [0.4, 0.5) is 15.9 Å². The predicted molar refractivity (Wildman–Crippen MR) is 63.4 cm³/mol. The molecule has 2 N–H and O–H groups in total. The third-order valence-corrected chi connectivity index (χ3v) is 2.36. The molecule has 18 heavy (non-hydrogen) atoms. The summed E-state index contributed by atoms with van der Waals surface area (Å²) in [6.45, 7) is 1.75. The number of anilines is 2. The number of benzene rings is 1. The van der Waals surface area contributed by atoms with E-state index in [0.717, 1.165) is 5.56 Å². The van der Waals surface area contributed by atoms with E-state index in [0.29, 0.717) is 5.69 Å². The first kappa shape index (κ1) is 12.0. The molecule has 0 aliphatic rings. The Bertz CT molecular complexity index is 564. The lowest BCUT2D eigenvalue weighted by Crippen LogP contribution is -2.04. The molecule has 2 aromatic rings. The molecule has 0 saturated carbocycles. The zero-order valence-corrected chi connectivity index (χ0v) is 9.51. The SMILES string of the molecule is Cc1cccc(F)c1Nc1ccc(C(=O)O)nn1. The molecule has 1 heterocycles. The van der Waals surface area contributed by atoms with E-state index >= 15 is 0 Å². The highest BCUT2D eigenvalue weighted by atomic mass is 19.1. The molecular formula is C12H10FN3O2. The second kappa shape index (κ2) is 4.79. The highest BCUT2D eigenvalue weighted by Crippen LogP contribution is 2.22. The number of carboxylic acid groups (broad SMARTS) is 1. The highest BCUT2D eigenvalue weighted by Gasteiger charge is 2.08. The third-order valence-electron chi connectivity index (χ3n) is 2.36. The van der Waals surface area contributed by atoms with Crippen LogP contribution in [0.1, 0.15) is 16.1 Å². The summed E-state index contributed by atoms with van der Waals surface area (Å²) < 4.78 is 13.5. The first-order valence-corrected chi connectivity index (χ1v) is 5.17. The van der Waals surface area contributed by atoms with Gasteiger partial charge in [-0.3, -0.25) is 0 Å². The number of halogens is 1. The molecule has 6 heteroatoms. The van der Waals surface area contributed by atoms with E-state index in [9.17, 15) is 9.18 Å². The van der Waals surface area contributed by atoms with Gasteiger partial charge in [-0.1, -0.05) is 12.1 Å². The minimum atomic E-state index is -1.16. The molecule has 0 saturated heterocycles. The Morgan fingerprint density at radius 1 is 1.28 bits per heavy atom. The monoisotopic (exact) mass is 247 g/mol. The van der Waals surface area contributed by atoms with Crippen LogP contribution in [0.15, 0.2) is 30.3 Å². The Hall–Kier alpha value is -2.50. The molecule has 0 aliphatic carbocycles. The molecule has 1 aromatic heterocycles. The van der Waals surface area contributed by atoms with Crippen LogP contribution in [0.2, 0.25) is 0 Å². The van der Waals surface area contributed by atoms with E-state index in [-0.39, 0.29) is 11.5 Å². The van der Waals surface area contributed by atoms with Gasteiger partial charge < -0.3 is 10.4 Å². The van der Waals surface area contributed by atoms with Crippen LogP contribution in [0.25, 0.3) is 0 Å². The van der Waals surface area contributed by atoms with Crippen LogP contribution < -0.4 is 5.32 Å². The van der Waals surface area contributed by atoms with Gasteiger partial charge in [-0.2, -0.15) is 0 Å². The number of hydrogen-bond acceptors (Lipinski definition) is 4. The number of hydrogen-bond donors (Lipinski definition) is 2. The second-order valence-corrected chi connectivity index (χ2v) is 3.67. The van der Waals surface area contributed by atoms with Crippen LogP contribution in [0, 0.1) is 12.7 Å². The Balaban J connectivity index is 2.26. The van der Waals surface area contributed by atoms with Crippen LogP contribution in [-0.2, 0) is 0 Å². The van der Waals surface area contributed by atoms with Crippen molar-refractivity contribution in [1.82, 2.24) is 10.2 Å². The van der Waals surface area contributed by atoms with Crippen molar-refractivity contribution in [2.24, 2.45) is 0 Å². The Kier molecular flexibility index (Phi) is 3.18. The van der Waals surface area contributed by atoms with E-state index in [4.69, 9.17) is 5.11 Å². The standard InChI is InChI=1S/C12H10FN3O2/c1-7-3-2-4-8(13)11(7)14-10-6-5-9(12(17)18)15-16-10/h2-6H,1H3,(H,14,16)(H,17,18). The minimum Gasteiger partial charge on any atom is -0.476 e. The van der Waals surface area contributed by atoms with Crippen molar-refractivity contribution < 1.29 is 14.3 Å². The van der Waals surface area contributed by atoms with Crippen molar-refractivity contribution in [2.45, 2.75) is 6.92 Å². The smallest absolute Gasteiger partial charge is 0.356 e. The topological polar surface area (TPSA) is 75.1 Å². The van der Waals surface area contributed by atoms with Crippen molar-refractivity contribution in [3.63, 3.8) is 0 Å². The van der Waals surface area contributed by atoms with Gasteiger partial charge in [0.05, 0.1) is 5.69 Å². The maximum Gasteiger partial charge on any atom is 0.356 e. The molecule has 0 atom stereocenters. The third kappa shape index (κ3) is 2.42. The fraction of sp³-hybridized carbons (Fsp3) is 0.0833. The molecule has 2 rings (SSSR count). The van der Waals surface area contributed by atoms with Crippen LogP contribution in [0.3, 0.4) is 0 Å². The van der Waals surface area contributed by atoms with Crippen molar-refractivity contribution in [2.75, 3.05) is 5.32 Å². The lowest BCUT2D eigenvalue weighted by molar-refractivity contribution is 0.0689. The summed E-state index contributed by atoms with van der Waals surface area (Å²) in [6, 6.07) is 7.42. The van der Waals surface area contributed by atoms with Gasteiger partial charge in [0.25, 0.3) is 0 Å². The molecule has 0 unspecified atom stereocenters. The van der Waals surface area contributed by atoms with Crippen molar-refractivity contribution in [1.29, 1.82) is 0 Å². The molecule has 0 spiro atoms. The molecule has 5 nitrogen and oxygen atoms in total. The summed E-state index contributed by atoms with van der Waals surface area (Å²) in [6.07, 6.45) is 0. The number of para-hydroxylation sites is 1. The first-order valence-electron chi connectivity index (χ1n) is 5.17. The minimum absolute atomic E-state index is 0.161. The van der Waals surface area contributed by atoms with Gasteiger partial charge >= 0.3 is 5.97 Å². The first-order chi connectivity index (χ1) is 8.58. The van der Waals surface area contributed by atoms with Gasteiger partial charge in [0.2, 0.25) is 0 Å². The van der Waals surface area contributed by atoms with Crippen LogP contribution >= 0.6 is 0 Å². The number of rotatable bonds is 3. The maximum atomic E-state index is 13.5. The summed E-state index contributed by atoms with van der Waals surface area (Å²) in [5, 5.41) is 18.6. The number of nitrogens with one attached hydrogen (secondary N) is 1. The highest BCUT2D eigenvalue weighted by molar-refractivity contribution is 5.85. The normalized spacial score (nSPS) is 10.1. The van der Waals surface area contributed by atoms with Gasteiger partial charge in [0, 0.05) is 0 Å². The number of aromatic carboxylic acids is 1. The zero-order valence-electron chi connectivity index (χ0n) is 9.51. The largest absolute Gasteiger partial charge is 0.476 e. The molecule has 1 aromatic carbocycles. The van der Waals surface area contributed by atoms with E-state index < -0.39 is 11.8 Å². The molecule has 92 valence electrons. The zero-order chi connectivity index (χ0) is 13.1. The Morgan fingerprint density at radius 3 is 2.61 bits per heavy atom. The van der Waals surface area contributed by atoms with Gasteiger partial charge in [-0.15, -0.1) is 10.2 Å². The fourth-order valence-corrected chi connectivity index (χ4v) is 1.43. The predicted octanol–water partition coefficient (Wildman–Crippen LogP) is 2.37. The molecule has 0 radical (unpaired) electrons. The molecule has 0 aliphatic heterocycles. The van der Waals surface area contributed by atoms with Gasteiger partial charge in [-0.25, -0.2) is 9.18 Å². The van der Waals surface area contributed by atoms with Crippen LogP contribution in [-0.4, -0.2) is 21.3 Å². The fourth-order valence-electron chi connectivity index (χ4n) is 1.43. The van der Waals surface area contributed by atoms with Gasteiger partial charge in [0.1, 0.15) is 5.82 Å². The summed E-state index contributed by atoms with van der Waals surface area (Å²) in [5.41, 5.74) is 0.861. The van der Waals surface area contributed by atoms with E-state index in [1.807, 2.05) is 0 Å². The number of carboxylic acids is 1. The average molecular weight is 247 g/mol. The summed E-state index contributed by atoms with van der Waals surface area (Å²) in [7, 11) is 0. The van der Waals surface area contributed by atoms with E-state index in [2.05, 4.69) is 15.5 Å². The molecule has 0 fully saturated rings. The van der Waals surface area contributed by atoms with Crippen molar-refractivity contribution >= 4 is 17.5 Å². The van der Waals surface area contributed by atoms with Gasteiger partial charge in [-0.05, 0) is 30.7 Å². The molecule has 0 bridgehead atoms.